The summed E-state index contributed by atoms with van der Waals surface area (Å²) in [6.45, 7) is 4.36. The molecular weight excluding hydrogens is 182 g/mol. The van der Waals surface area contributed by atoms with Gasteiger partial charge in [-0.05, 0) is 26.7 Å². The smallest absolute Gasteiger partial charge is 0.171 e. The molecule has 0 saturated carbocycles. The molecule has 0 bridgehead atoms. The SMILES string of the molecule is COC(OC)C(C)NC(C)CCCO. The molecular formula is C10H23NO3. The first kappa shape index (κ1) is 13.8. The molecule has 0 amide bonds. The van der Waals surface area contributed by atoms with Crippen LogP contribution in [0, 0.1) is 0 Å². The van der Waals surface area contributed by atoms with Crippen LogP contribution >= 0.6 is 0 Å². The van der Waals surface area contributed by atoms with E-state index in [1.54, 1.807) is 14.2 Å². The summed E-state index contributed by atoms with van der Waals surface area (Å²) in [5, 5.41) is 12.0. The molecule has 0 aliphatic rings. The molecule has 0 aromatic rings. The highest BCUT2D eigenvalue weighted by Gasteiger charge is 2.17. The van der Waals surface area contributed by atoms with Crippen LogP contribution in [0.3, 0.4) is 0 Å². The zero-order valence-corrected chi connectivity index (χ0v) is 9.62. The summed E-state index contributed by atoms with van der Waals surface area (Å²) in [7, 11) is 3.26. The van der Waals surface area contributed by atoms with Crippen LogP contribution in [0.2, 0.25) is 0 Å². The van der Waals surface area contributed by atoms with Gasteiger partial charge in [0.15, 0.2) is 6.29 Å². The Kier molecular flexibility index (Phi) is 8.08. The molecule has 4 nitrogen and oxygen atoms in total. The molecule has 0 radical (unpaired) electrons. The largest absolute Gasteiger partial charge is 0.396 e. The van der Waals surface area contributed by atoms with E-state index in [1.165, 1.54) is 0 Å². The van der Waals surface area contributed by atoms with Crippen LogP contribution in [0.5, 0.6) is 0 Å². The monoisotopic (exact) mass is 205 g/mol. The third kappa shape index (κ3) is 5.54. The fourth-order valence-corrected chi connectivity index (χ4v) is 1.51. The lowest BCUT2D eigenvalue weighted by Crippen LogP contribution is -2.44. The van der Waals surface area contributed by atoms with Gasteiger partial charge in [0.1, 0.15) is 0 Å². The topological polar surface area (TPSA) is 50.7 Å². The third-order valence-corrected chi connectivity index (χ3v) is 2.22. The highest BCUT2D eigenvalue weighted by Crippen LogP contribution is 2.03. The normalized spacial score (nSPS) is 15.9. The Labute approximate surface area is 86.6 Å². The lowest BCUT2D eigenvalue weighted by atomic mass is 10.1. The Hall–Kier alpha value is -0.160. The molecule has 0 rings (SSSR count). The van der Waals surface area contributed by atoms with Gasteiger partial charge >= 0.3 is 0 Å². The minimum absolute atomic E-state index is 0.152. The molecule has 0 saturated heterocycles. The van der Waals surface area contributed by atoms with Crippen molar-refractivity contribution in [3.8, 4) is 0 Å². The van der Waals surface area contributed by atoms with E-state index in [-0.39, 0.29) is 18.9 Å². The molecule has 0 fully saturated rings. The second-order valence-electron chi connectivity index (χ2n) is 3.56. The lowest BCUT2D eigenvalue weighted by Gasteiger charge is -2.25. The van der Waals surface area contributed by atoms with Gasteiger partial charge in [-0.25, -0.2) is 0 Å². The summed E-state index contributed by atoms with van der Waals surface area (Å²) < 4.78 is 10.3. The number of ether oxygens (including phenoxy) is 2. The highest BCUT2D eigenvalue weighted by molar-refractivity contribution is 4.70. The quantitative estimate of drug-likeness (QED) is 0.574. The molecule has 14 heavy (non-hydrogen) atoms. The molecule has 4 heteroatoms. The summed E-state index contributed by atoms with van der Waals surface area (Å²) in [5.74, 6) is 0. The molecule has 0 aromatic heterocycles. The Morgan fingerprint density at radius 3 is 2.21 bits per heavy atom. The molecule has 0 aliphatic carbocycles. The second kappa shape index (κ2) is 8.17. The van der Waals surface area contributed by atoms with E-state index < -0.39 is 0 Å². The van der Waals surface area contributed by atoms with Crippen LogP contribution in [0.15, 0.2) is 0 Å². The first-order valence-electron chi connectivity index (χ1n) is 5.08. The number of hydrogen-bond donors (Lipinski definition) is 2. The number of methoxy groups -OCH3 is 2. The number of rotatable bonds is 8. The van der Waals surface area contributed by atoms with Crippen molar-refractivity contribution in [3.63, 3.8) is 0 Å². The predicted molar refractivity (Wildman–Crippen MR) is 56.2 cm³/mol. The van der Waals surface area contributed by atoms with Crippen molar-refractivity contribution in [3.05, 3.63) is 0 Å². The summed E-state index contributed by atoms with van der Waals surface area (Å²) in [6, 6.07) is 0.517. The van der Waals surface area contributed by atoms with Crippen LogP contribution < -0.4 is 5.32 Å². The van der Waals surface area contributed by atoms with Crippen molar-refractivity contribution in [2.24, 2.45) is 0 Å². The van der Waals surface area contributed by atoms with E-state index in [0.717, 1.165) is 12.8 Å². The maximum atomic E-state index is 8.67. The summed E-state index contributed by atoms with van der Waals surface area (Å²) in [4.78, 5) is 0. The molecule has 86 valence electrons. The van der Waals surface area contributed by atoms with E-state index in [0.29, 0.717) is 6.04 Å². The number of hydrogen-bond acceptors (Lipinski definition) is 4. The zero-order valence-electron chi connectivity index (χ0n) is 9.62. The van der Waals surface area contributed by atoms with Crippen LogP contribution in [-0.4, -0.2) is 44.3 Å². The second-order valence-corrected chi connectivity index (χ2v) is 3.56. The Morgan fingerprint density at radius 2 is 1.79 bits per heavy atom. The predicted octanol–water partition coefficient (Wildman–Crippen LogP) is 0.744. The van der Waals surface area contributed by atoms with E-state index in [1.807, 2.05) is 6.92 Å². The van der Waals surface area contributed by atoms with Gasteiger partial charge in [-0.3, -0.25) is 0 Å². The van der Waals surface area contributed by atoms with Crippen LogP contribution in [-0.2, 0) is 9.47 Å². The zero-order chi connectivity index (χ0) is 11.0. The average Bonchev–Trinajstić information content (AvgIpc) is 2.16. The number of aliphatic hydroxyl groups is 1. The fraction of sp³-hybridized carbons (Fsp3) is 1.00. The minimum atomic E-state index is -0.216. The molecule has 2 N–H and O–H groups in total. The van der Waals surface area contributed by atoms with Crippen molar-refractivity contribution in [1.82, 2.24) is 5.32 Å². The average molecular weight is 205 g/mol. The van der Waals surface area contributed by atoms with Crippen LogP contribution in [0.4, 0.5) is 0 Å². The Balaban J connectivity index is 3.73. The van der Waals surface area contributed by atoms with Gasteiger partial charge in [0.25, 0.3) is 0 Å². The number of aliphatic hydroxyl groups excluding tert-OH is 1. The van der Waals surface area contributed by atoms with Gasteiger partial charge in [0.05, 0.1) is 6.04 Å². The maximum Gasteiger partial charge on any atom is 0.171 e. The van der Waals surface area contributed by atoms with E-state index in [2.05, 4.69) is 12.2 Å². The van der Waals surface area contributed by atoms with Crippen molar-refractivity contribution in [1.29, 1.82) is 0 Å². The lowest BCUT2D eigenvalue weighted by molar-refractivity contribution is -0.120. The number of nitrogens with one attached hydrogen (secondary N) is 1. The molecule has 2 unspecified atom stereocenters. The summed E-state index contributed by atoms with van der Waals surface area (Å²) in [6.07, 6.45) is 1.57. The van der Waals surface area contributed by atoms with Gasteiger partial charge in [0.2, 0.25) is 0 Å². The van der Waals surface area contributed by atoms with Gasteiger partial charge < -0.3 is 19.9 Å². The van der Waals surface area contributed by atoms with E-state index >= 15 is 0 Å². The van der Waals surface area contributed by atoms with Crippen molar-refractivity contribution in [2.45, 2.75) is 45.1 Å². The van der Waals surface area contributed by atoms with Crippen LogP contribution in [0.25, 0.3) is 0 Å². The maximum absolute atomic E-state index is 8.67. The summed E-state index contributed by atoms with van der Waals surface area (Å²) >= 11 is 0. The minimum Gasteiger partial charge on any atom is -0.396 e. The van der Waals surface area contributed by atoms with Crippen molar-refractivity contribution >= 4 is 0 Å². The molecule has 2 atom stereocenters. The first-order valence-corrected chi connectivity index (χ1v) is 5.08. The standard InChI is InChI=1S/C10H23NO3/c1-8(6-5-7-12)11-9(2)10(13-3)14-4/h8-12H,5-7H2,1-4H3. The van der Waals surface area contributed by atoms with Crippen molar-refractivity contribution in [2.75, 3.05) is 20.8 Å². The molecule has 0 heterocycles. The summed E-state index contributed by atoms with van der Waals surface area (Å²) in [5.41, 5.74) is 0. The van der Waals surface area contributed by atoms with E-state index in [4.69, 9.17) is 14.6 Å². The van der Waals surface area contributed by atoms with Crippen molar-refractivity contribution < 1.29 is 14.6 Å². The first-order chi connectivity index (χ1) is 6.65. The Bertz CT molecular complexity index is 129. The van der Waals surface area contributed by atoms with Gasteiger partial charge in [-0.2, -0.15) is 0 Å². The molecule has 0 spiro atoms. The van der Waals surface area contributed by atoms with Crippen LogP contribution in [0.1, 0.15) is 26.7 Å². The fourth-order valence-electron chi connectivity index (χ4n) is 1.51. The van der Waals surface area contributed by atoms with Gasteiger partial charge in [-0.1, -0.05) is 0 Å². The molecule has 0 aliphatic heterocycles. The van der Waals surface area contributed by atoms with Gasteiger partial charge in [-0.15, -0.1) is 0 Å². The third-order valence-electron chi connectivity index (χ3n) is 2.22. The van der Waals surface area contributed by atoms with Gasteiger partial charge in [0, 0.05) is 26.9 Å². The Morgan fingerprint density at radius 1 is 1.21 bits per heavy atom. The molecule has 0 aromatic carbocycles. The van der Waals surface area contributed by atoms with E-state index in [9.17, 15) is 0 Å². The highest BCUT2D eigenvalue weighted by atomic mass is 16.7.